The van der Waals surface area contributed by atoms with Gasteiger partial charge in [-0.2, -0.15) is 0 Å². The lowest BCUT2D eigenvalue weighted by Crippen LogP contribution is -2.32. The number of carbonyl (C=O) groups is 1. The Kier molecular flexibility index (Phi) is 5.52. The minimum Gasteiger partial charge on any atom is -0.325 e. The van der Waals surface area contributed by atoms with Crippen LogP contribution in [0.5, 0.6) is 0 Å². The third-order valence-corrected chi connectivity index (χ3v) is 5.32. The van der Waals surface area contributed by atoms with Crippen LogP contribution in [0.15, 0.2) is 58.3 Å². The average Bonchev–Trinajstić information content (AvgIpc) is 2.53. The molecule has 0 aliphatic carbocycles. The van der Waals surface area contributed by atoms with Gasteiger partial charge in [-0.05, 0) is 42.5 Å². The van der Waals surface area contributed by atoms with E-state index in [9.17, 15) is 26.0 Å². The van der Waals surface area contributed by atoms with Crippen molar-refractivity contribution in [1.29, 1.82) is 0 Å². The normalized spacial score (nSPS) is 11.9. The Morgan fingerprint density at radius 1 is 1.00 bits per heavy atom. The number of primary sulfonamides is 1. The summed E-state index contributed by atoms with van der Waals surface area (Å²) in [4.78, 5) is 11.3. The Labute approximate surface area is 144 Å². The Morgan fingerprint density at radius 3 is 2.20 bits per heavy atom. The van der Waals surface area contributed by atoms with Crippen LogP contribution < -0.4 is 15.2 Å². The van der Waals surface area contributed by atoms with Gasteiger partial charge in [-0.3, -0.25) is 4.79 Å². The van der Waals surface area contributed by atoms with Crippen molar-refractivity contribution >= 4 is 31.6 Å². The monoisotopic (exact) mass is 387 g/mol. The first-order valence-electron chi connectivity index (χ1n) is 6.76. The van der Waals surface area contributed by atoms with Gasteiger partial charge in [-0.1, -0.05) is 6.07 Å². The molecule has 8 nitrogen and oxygen atoms in total. The lowest BCUT2D eigenvalue weighted by molar-refractivity contribution is -0.115. The van der Waals surface area contributed by atoms with Crippen molar-refractivity contribution in [2.45, 2.75) is 9.79 Å². The standard InChI is InChI=1S/C14H14FN3O5S2/c15-10-2-1-3-13(8-10)25(22,23)17-9-14(19)18-11-4-6-12(7-5-11)24(16,20)21/h1-8,17H,9H2,(H,18,19)(H2,16,20,21). The molecule has 0 unspecified atom stereocenters. The van der Waals surface area contributed by atoms with E-state index in [1.165, 1.54) is 36.4 Å². The summed E-state index contributed by atoms with van der Waals surface area (Å²) < 4.78 is 61.3. The number of anilines is 1. The highest BCUT2D eigenvalue weighted by Crippen LogP contribution is 2.13. The lowest BCUT2D eigenvalue weighted by atomic mass is 10.3. The van der Waals surface area contributed by atoms with Gasteiger partial charge in [0.15, 0.2) is 0 Å². The molecule has 2 aromatic rings. The molecule has 0 aliphatic rings. The minimum absolute atomic E-state index is 0.127. The Bertz CT molecular complexity index is 989. The van der Waals surface area contributed by atoms with Gasteiger partial charge in [-0.15, -0.1) is 0 Å². The molecule has 0 spiro atoms. The zero-order valence-electron chi connectivity index (χ0n) is 12.6. The quantitative estimate of drug-likeness (QED) is 0.659. The van der Waals surface area contributed by atoms with Crippen LogP contribution >= 0.6 is 0 Å². The van der Waals surface area contributed by atoms with Crippen molar-refractivity contribution in [3.63, 3.8) is 0 Å². The number of amides is 1. The molecule has 11 heteroatoms. The molecule has 2 rings (SSSR count). The lowest BCUT2D eigenvalue weighted by Gasteiger charge is -2.08. The summed E-state index contributed by atoms with van der Waals surface area (Å²) in [6.07, 6.45) is 0. The predicted octanol–water partition coefficient (Wildman–Crippen LogP) is 0.390. The molecular formula is C14H14FN3O5S2. The maximum absolute atomic E-state index is 13.1. The SMILES string of the molecule is NS(=O)(=O)c1ccc(NC(=O)CNS(=O)(=O)c2cccc(F)c2)cc1. The first-order chi connectivity index (χ1) is 11.6. The van der Waals surface area contributed by atoms with Crippen molar-refractivity contribution in [3.05, 3.63) is 54.3 Å². The second kappa shape index (κ2) is 7.27. The molecule has 0 saturated heterocycles. The van der Waals surface area contributed by atoms with Crippen molar-refractivity contribution in [2.75, 3.05) is 11.9 Å². The summed E-state index contributed by atoms with van der Waals surface area (Å²) >= 11 is 0. The van der Waals surface area contributed by atoms with Crippen LogP contribution in [-0.2, 0) is 24.8 Å². The minimum atomic E-state index is -4.04. The van der Waals surface area contributed by atoms with Gasteiger partial charge in [0.25, 0.3) is 0 Å². The van der Waals surface area contributed by atoms with Crippen molar-refractivity contribution in [3.8, 4) is 0 Å². The summed E-state index contributed by atoms with van der Waals surface area (Å²) in [6.45, 7) is -0.588. The van der Waals surface area contributed by atoms with E-state index in [-0.39, 0.29) is 15.5 Å². The number of nitrogens with two attached hydrogens (primary N) is 1. The first-order valence-corrected chi connectivity index (χ1v) is 9.79. The number of hydrogen-bond acceptors (Lipinski definition) is 5. The molecule has 0 atom stereocenters. The fraction of sp³-hybridized carbons (Fsp3) is 0.0714. The Morgan fingerprint density at radius 2 is 1.64 bits per heavy atom. The van der Waals surface area contributed by atoms with E-state index in [2.05, 4.69) is 5.32 Å². The van der Waals surface area contributed by atoms with E-state index >= 15 is 0 Å². The summed E-state index contributed by atoms with van der Waals surface area (Å²) in [5.74, 6) is -1.41. The number of rotatable bonds is 6. The fourth-order valence-electron chi connectivity index (χ4n) is 1.81. The molecule has 0 aromatic heterocycles. The third kappa shape index (κ3) is 5.32. The van der Waals surface area contributed by atoms with Crippen LogP contribution in [0, 0.1) is 5.82 Å². The molecule has 25 heavy (non-hydrogen) atoms. The molecular weight excluding hydrogens is 373 g/mol. The summed E-state index contributed by atoms with van der Waals surface area (Å²) in [7, 11) is -7.89. The molecule has 1 amide bonds. The molecule has 0 bridgehead atoms. The van der Waals surface area contributed by atoms with Gasteiger partial charge in [-0.25, -0.2) is 31.1 Å². The average molecular weight is 387 g/mol. The number of nitrogens with one attached hydrogen (secondary N) is 2. The smallest absolute Gasteiger partial charge is 0.241 e. The van der Waals surface area contributed by atoms with Crippen LogP contribution in [0.3, 0.4) is 0 Å². The highest BCUT2D eigenvalue weighted by molar-refractivity contribution is 7.89. The van der Waals surface area contributed by atoms with Gasteiger partial charge in [0.05, 0.1) is 16.3 Å². The molecule has 0 heterocycles. The van der Waals surface area contributed by atoms with Crippen LogP contribution in [0.2, 0.25) is 0 Å². The summed E-state index contributed by atoms with van der Waals surface area (Å²) in [6, 6.07) is 9.34. The molecule has 0 fully saturated rings. The van der Waals surface area contributed by atoms with Crippen LogP contribution in [-0.4, -0.2) is 29.3 Å². The van der Waals surface area contributed by atoms with Gasteiger partial charge >= 0.3 is 0 Å². The predicted molar refractivity (Wildman–Crippen MR) is 88.0 cm³/mol. The topological polar surface area (TPSA) is 135 Å². The Balaban J connectivity index is 1.99. The largest absolute Gasteiger partial charge is 0.325 e. The summed E-state index contributed by atoms with van der Waals surface area (Å²) in [5, 5.41) is 7.33. The maximum atomic E-state index is 13.1. The number of carbonyl (C=O) groups excluding carboxylic acids is 1. The molecule has 4 N–H and O–H groups in total. The van der Waals surface area contributed by atoms with Gasteiger partial charge < -0.3 is 5.32 Å². The van der Waals surface area contributed by atoms with Crippen LogP contribution in [0.1, 0.15) is 0 Å². The maximum Gasteiger partial charge on any atom is 0.241 e. The zero-order valence-corrected chi connectivity index (χ0v) is 14.3. The highest BCUT2D eigenvalue weighted by atomic mass is 32.2. The van der Waals surface area contributed by atoms with Crippen molar-refractivity contribution in [2.24, 2.45) is 5.14 Å². The van der Waals surface area contributed by atoms with E-state index in [1.807, 2.05) is 4.72 Å². The highest BCUT2D eigenvalue weighted by Gasteiger charge is 2.16. The fourth-order valence-corrected chi connectivity index (χ4v) is 3.34. The number of hydrogen-bond donors (Lipinski definition) is 3. The van der Waals surface area contributed by atoms with E-state index in [4.69, 9.17) is 5.14 Å². The number of sulfonamides is 2. The first kappa shape index (κ1) is 19.0. The second-order valence-electron chi connectivity index (χ2n) is 4.90. The van der Waals surface area contributed by atoms with Gasteiger partial charge in [0.1, 0.15) is 5.82 Å². The van der Waals surface area contributed by atoms with Gasteiger partial charge in [0.2, 0.25) is 26.0 Å². The zero-order chi connectivity index (χ0) is 18.7. The molecule has 0 saturated carbocycles. The van der Waals surface area contributed by atoms with E-state index in [1.54, 1.807) is 0 Å². The number of halogens is 1. The number of benzene rings is 2. The third-order valence-electron chi connectivity index (χ3n) is 3.00. The van der Waals surface area contributed by atoms with Crippen LogP contribution in [0.25, 0.3) is 0 Å². The van der Waals surface area contributed by atoms with E-state index in [0.29, 0.717) is 0 Å². The van der Waals surface area contributed by atoms with E-state index < -0.39 is 38.3 Å². The summed E-state index contributed by atoms with van der Waals surface area (Å²) in [5.41, 5.74) is 0.252. The molecule has 2 aromatic carbocycles. The Hall–Kier alpha value is -2.34. The molecule has 0 aliphatic heterocycles. The van der Waals surface area contributed by atoms with Crippen molar-refractivity contribution in [1.82, 2.24) is 4.72 Å². The van der Waals surface area contributed by atoms with Gasteiger partial charge in [0, 0.05) is 5.69 Å². The van der Waals surface area contributed by atoms with E-state index in [0.717, 1.165) is 12.1 Å². The molecule has 0 radical (unpaired) electrons. The van der Waals surface area contributed by atoms with Crippen LogP contribution in [0.4, 0.5) is 10.1 Å². The van der Waals surface area contributed by atoms with Crippen molar-refractivity contribution < 1.29 is 26.0 Å². The molecule has 134 valence electrons. The second-order valence-corrected chi connectivity index (χ2v) is 8.23.